The summed E-state index contributed by atoms with van der Waals surface area (Å²) in [6.45, 7) is -0.127. The van der Waals surface area contributed by atoms with Crippen LogP contribution in [0.3, 0.4) is 0 Å². The van der Waals surface area contributed by atoms with Crippen LogP contribution in [0.1, 0.15) is 88.9 Å². The van der Waals surface area contributed by atoms with Gasteiger partial charge in [0.05, 0.1) is 53.0 Å². The van der Waals surface area contributed by atoms with Crippen molar-refractivity contribution in [3.63, 3.8) is 0 Å². The average Bonchev–Trinajstić information content (AvgIpc) is 1.68. The number of aromatic nitrogens is 4. The van der Waals surface area contributed by atoms with E-state index in [0.717, 1.165) is 4.57 Å². The number of anilines is 2. The molecular weight excluding hydrogens is 1120 g/mol. The zero-order valence-corrected chi connectivity index (χ0v) is 47.3. The smallest absolute Gasteiger partial charge is 0.475 e. The van der Waals surface area contributed by atoms with Crippen molar-refractivity contribution in [2.45, 2.75) is 81.5 Å². The highest BCUT2D eigenvalue weighted by molar-refractivity contribution is 7.48. The van der Waals surface area contributed by atoms with E-state index in [0.29, 0.717) is 39.3 Å². The van der Waals surface area contributed by atoms with Gasteiger partial charge in [0.2, 0.25) is 0 Å². The summed E-state index contributed by atoms with van der Waals surface area (Å²) in [5.41, 5.74) is -0.398. The second kappa shape index (κ2) is 28.1. The van der Waals surface area contributed by atoms with E-state index in [-0.39, 0.29) is 56.1 Å². The van der Waals surface area contributed by atoms with Gasteiger partial charge in [-0.25, -0.2) is 14.2 Å². The minimum atomic E-state index is -4.91. The molecule has 85 heavy (non-hydrogen) atoms. The third-order valence-corrected chi connectivity index (χ3v) is 15.4. The van der Waals surface area contributed by atoms with Crippen LogP contribution < -0.4 is 31.5 Å². The highest BCUT2D eigenvalue weighted by atomic mass is 31.2. The fourth-order valence-corrected chi connectivity index (χ4v) is 11.0. The number of carbonyl (C=O) groups excluding carboxylic acids is 4. The molecule has 24 heteroatoms. The van der Waals surface area contributed by atoms with E-state index < -0.39 is 92.7 Å². The number of nitrogens with one attached hydrogen (secondary N) is 2. The Labute approximate surface area is 487 Å². The molecule has 0 spiro atoms. The molecule has 0 bridgehead atoms. The summed E-state index contributed by atoms with van der Waals surface area (Å²) in [5, 5.41) is 14.8. The van der Waals surface area contributed by atoms with Gasteiger partial charge in [-0.2, -0.15) is 15.2 Å². The van der Waals surface area contributed by atoms with Crippen LogP contribution in [-0.2, 0) is 52.3 Å². The van der Waals surface area contributed by atoms with Gasteiger partial charge in [-0.15, -0.1) is 0 Å². The first kappa shape index (κ1) is 60.6. The number of ketones is 1. The SMILES string of the molecule is COc1ccc(C(OC[C@H]2O[C@@H](n3ccc(NC(=O)c4ccccc4)nc3=O)C[C@@H]2OP(=O)(OCCC#N)OC[C@H]2O[C@@H](n3ccc(NC(=O)c4ccccc4)nc3=O)C[C@@H]2OC(=O)CCC(C)=O)(c2ccccc2)c2ccc(OC)cc2)cc1. The standard InChI is InChI=1S/C61H60N7O16P/c1-40(69)20-29-56(70)83-48-36-54(67-33-30-52(65-59(67)73)63-57(71)41-14-7-4-8-15-41)82-51(48)39-80-85(75,79-35-13-32-62)84-49-37-55(68-34-31-53(66-60(68)74)64-58(72)42-16-9-5-10-17-42)81-50(49)38-78-61(43-18-11-6-12-19-43,44-21-25-46(76-2)26-22-44)45-23-27-47(77-3)28-24-45/h4-12,14-19,21-28,30-31,33-34,48-51,54-55H,13,20,29,35-39H2,1-3H3,(H,63,65,71,73)(H,64,66,72,74)/t48-,49-,50+,51+,54+,55+,85?/m0/s1. The van der Waals surface area contributed by atoms with Crippen molar-refractivity contribution in [1.82, 2.24) is 19.1 Å². The monoisotopic (exact) mass is 1180 g/mol. The number of amides is 2. The molecule has 2 aliphatic rings. The van der Waals surface area contributed by atoms with Crippen LogP contribution in [0.2, 0.25) is 0 Å². The number of methoxy groups -OCH3 is 2. The molecule has 1 unspecified atom stereocenters. The second-order valence-electron chi connectivity index (χ2n) is 19.5. The molecule has 2 aliphatic heterocycles. The van der Waals surface area contributed by atoms with Crippen molar-refractivity contribution < 1.29 is 65.7 Å². The topological polar surface area (TPSA) is 286 Å². The Kier molecular flexibility index (Phi) is 20.0. The zero-order valence-electron chi connectivity index (χ0n) is 46.4. The number of rotatable bonds is 26. The van der Waals surface area contributed by atoms with Gasteiger partial charge in [-0.1, -0.05) is 91.0 Å². The Bertz CT molecular complexity index is 3610. The van der Waals surface area contributed by atoms with Gasteiger partial charge in [0.25, 0.3) is 11.8 Å². The number of phosphoric acid groups is 1. The molecule has 0 aliphatic carbocycles. The number of nitrogens with zero attached hydrogens (tertiary/aromatic N) is 5. The quantitative estimate of drug-likeness (QED) is 0.0223. The van der Waals surface area contributed by atoms with E-state index in [2.05, 4.69) is 20.6 Å². The Morgan fingerprint density at radius 3 is 1.58 bits per heavy atom. The molecule has 2 aromatic heterocycles. The molecule has 2 amide bonds. The molecule has 2 saturated heterocycles. The zero-order chi connectivity index (χ0) is 59.9. The summed E-state index contributed by atoms with van der Waals surface area (Å²) in [4.78, 5) is 86.7. The number of phosphoric ester groups is 1. The van der Waals surface area contributed by atoms with Crippen molar-refractivity contribution in [3.05, 3.63) is 213 Å². The van der Waals surface area contributed by atoms with E-state index in [1.54, 1.807) is 99.1 Å². The molecule has 9 rings (SSSR count). The van der Waals surface area contributed by atoms with Crippen molar-refractivity contribution in [2.75, 3.05) is 44.7 Å². The third kappa shape index (κ3) is 15.1. The Morgan fingerprint density at radius 1 is 0.635 bits per heavy atom. The highest BCUT2D eigenvalue weighted by Crippen LogP contribution is 2.54. The first-order chi connectivity index (χ1) is 41.2. The molecule has 5 aromatic carbocycles. The van der Waals surface area contributed by atoms with Gasteiger partial charge in [-0.3, -0.25) is 37.1 Å². The molecule has 2 fully saturated rings. The summed E-state index contributed by atoms with van der Waals surface area (Å²) < 4.78 is 73.1. The number of Topliss-reactive ketones (excluding diaryl/α,β-unsaturated/α-hetero) is 1. The lowest BCUT2D eigenvalue weighted by molar-refractivity contribution is -0.153. The van der Waals surface area contributed by atoms with Gasteiger partial charge in [0.15, 0.2) is 0 Å². The van der Waals surface area contributed by atoms with E-state index in [1.165, 1.54) is 36.0 Å². The third-order valence-electron chi connectivity index (χ3n) is 13.9. The summed E-state index contributed by atoms with van der Waals surface area (Å²) >= 11 is 0. The van der Waals surface area contributed by atoms with Crippen LogP contribution in [0.4, 0.5) is 11.6 Å². The molecular formula is C61H60N7O16P. The summed E-state index contributed by atoms with van der Waals surface area (Å²) in [5.74, 6) is -0.974. The molecule has 7 aromatic rings. The highest BCUT2D eigenvalue weighted by Gasteiger charge is 2.48. The number of hydrogen-bond acceptors (Lipinski definition) is 19. The Hall–Kier alpha value is -8.98. The predicted molar refractivity (Wildman–Crippen MR) is 306 cm³/mol. The predicted octanol–water partition coefficient (Wildman–Crippen LogP) is 8.33. The van der Waals surface area contributed by atoms with E-state index in [4.69, 9.17) is 42.0 Å². The first-order valence-corrected chi connectivity index (χ1v) is 28.5. The molecule has 4 heterocycles. The molecule has 7 atom stereocenters. The maximum absolute atomic E-state index is 15.3. The van der Waals surface area contributed by atoms with Crippen molar-refractivity contribution >= 4 is 43.0 Å². The maximum Gasteiger partial charge on any atom is 0.475 e. The average molecular weight is 1180 g/mol. The summed E-state index contributed by atoms with van der Waals surface area (Å²) in [7, 11) is -1.81. The second-order valence-corrected chi connectivity index (χ2v) is 21.2. The van der Waals surface area contributed by atoms with Crippen LogP contribution >= 0.6 is 7.82 Å². The number of esters is 1. The number of nitriles is 1. The van der Waals surface area contributed by atoms with Crippen LogP contribution in [0, 0.1) is 11.3 Å². The van der Waals surface area contributed by atoms with Gasteiger partial charge < -0.3 is 43.8 Å². The van der Waals surface area contributed by atoms with Gasteiger partial charge in [0.1, 0.15) is 71.4 Å². The molecule has 2 N–H and O–H groups in total. The lowest BCUT2D eigenvalue weighted by atomic mass is 9.80. The first-order valence-electron chi connectivity index (χ1n) is 27.0. The van der Waals surface area contributed by atoms with Crippen molar-refractivity contribution in [3.8, 4) is 17.6 Å². The minimum absolute atomic E-state index is 0.0408. The van der Waals surface area contributed by atoms with E-state index in [9.17, 15) is 34.0 Å². The molecule has 0 saturated carbocycles. The lowest BCUT2D eigenvalue weighted by Crippen LogP contribution is -2.38. The lowest BCUT2D eigenvalue weighted by Gasteiger charge is -2.37. The molecule has 440 valence electrons. The maximum atomic E-state index is 15.3. The largest absolute Gasteiger partial charge is 0.497 e. The molecule has 0 radical (unpaired) electrons. The van der Waals surface area contributed by atoms with Crippen LogP contribution in [-0.4, -0.2) is 101 Å². The molecule has 23 nitrogen and oxygen atoms in total. The van der Waals surface area contributed by atoms with E-state index >= 15 is 4.57 Å². The van der Waals surface area contributed by atoms with E-state index in [1.807, 2.05) is 60.7 Å². The van der Waals surface area contributed by atoms with Crippen LogP contribution in [0.5, 0.6) is 11.5 Å². The Morgan fingerprint density at radius 2 is 1.11 bits per heavy atom. The fraction of sp³-hybridized carbons (Fsp3) is 0.295. The number of hydrogen-bond donors (Lipinski definition) is 2. The van der Waals surface area contributed by atoms with Gasteiger partial charge in [-0.05, 0) is 84.3 Å². The van der Waals surface area contributed by atoms with Crippen molar-refractivity contribution in [2.24, 2.45) is 0 Å². The van der Waals surface area contributed by atoms with Crippen molar-refractivity contribution in [1.29, 1.82) is 5.26 Å². The van der Waals surface area contributed by atoms with Crippen LogP contribution in [0.25, 0.3) is 0 Å². The number of benzene rings is 5. The normalized spacial score (nSPS) is 19.0. The summed E-state index contributed by atoms with van der Waals surface area (Å²) in [6.07, 6.45) is -5.60. The fourth-order valence-electron chi connectivity index (χ4n) is 9.66. The van der Waals surface area contributed by atoms with Gasteiger partial charge in [0, 0.05) is 42.8 Å². The van der Waals surface area contributed by atoms with Crippen LogP contribution in [0.15, 0.2) is 174 Å². The Balaban J connectivity index is 1.03. The summed E-state index contributed by atoms with van der Waals surface area (Å²) in [6, 6.07) is 45.4. The van der Waals surface area contributed by atoms with Gasteiger partial charge >= 0.3 is 25.2 Å². The minimum Gasteiger partial charge on any atom is -0.497 e. The number of carbonyl (C=O) groups is 4. The number of ether oxygens (including phenoxy) is 6.